The molecule has 5 rings (SSSR count). The topological polar surface area (TPSA) is 105 Å². The third kappa shape index (κ3) is 4.33. The van der Waals surface area contributed by atoms with Crippen LogP contribution in [0.3, 0.4) is 0 Å². The molecule has 4 aromatic rings. The Morgan fingerprint density at radius 2 is 1.88 bits per heavy atom. The molecule has 33 heavy (non-hydrogen) atoms. The molecule has 10 nitrogen and oxygen atoms in total. The molecular formula is C23H28N8O2. The molecule has 1 saturated carbocycles. The van der Waals surface area contributed by atoms with Crippen molar-refractivity contribution in [2.45, 2.75) is 44.8 Å². The molecule has 1 aliphatic carbocycles. The van der Waals surface area contributed by atoms with Crippen LogP contribution >= 0.6 is 0 Å². The number of hydrogen-bond donors (Lipinski definition) is 1. The minimum absolute atomic E-state index is 0.112. The van der Waals surface area contributed by atoms with Gasteiger partial charge in [0.25, 0.3) is 5.88 Å². The molecule has 10 heteroatoms. The first-order chi connectivity index (χ1) is 16.0. The second kappa shape index (κ2) is 8.68. The molecule has 0 aromatic carbocycles. The van der Waals surface area contributed by atoms with E-state index in [9.17, 15) is 0 Å². The van der Waals surface area contributed by atoms with E-state index in [1.54, 1.807) is 18.0 Å². The Hall–Kier alpha value is -3.69. The van der Waals surface area contributed by atoms with E-state index in [2.05, 4.69) is 36.5 Å². The van der Waals surface area contributed by atoms with Gasteiger partial charge in [-0.25, -0.2) is 9.97 Å². The predicted molar refractivity (Wildman–Crippen MR) is 124 cm³/mol. The Balaban J connectivity index is 1.24. The van der Waals surface area contributed by atoms with Crippen molar-refractivity contribution >= 4 is 16.7 Å². The van der Waals surface area contributed by atoms with Gasteiger partial charge in [-0.1, -0.05) is 0 Å². The third-order valence-electron chi connectivity index (χ3n) is 6.08. The number of ether oxygens (including phenoxy) is 2. The molecule has 1 N–H and O–H groups in total. The molecule has 4 heterocycles. The third-order valence-corrected chi connectivity index (χ3v) is 6.08. The number of nitrogens with zero attached hydrogens (tertiary/aromatic N) is 7. The first-order valence-electron chi connectivity index (χ1n) is 11.1. The van der Waals surface area contributed by atoms with Crippen molar-refractivity contribution in [3.63, 3.8) is 0 Å². The van der Waals surface area contributed by atoms with Gasteiger partial charge in [-0.15, -0.1) is 0 Å². The van der Waals surface area contributed by atoms with Crippen LogP contribution in [0.25, 0.3) is 22.2 Å². The van der Waals surface area contributed by atoms with Crippen molar-refractivity contribution in [3.8, 4) is 22.9 Å². The van der Waals surface area contributed by atoms with Gasteiger partial charge in [-0.3, -0.25) is 9.36 Å². The van der Waals surface area contributed by atoms with Crippen molar-refractivity contribution in [3.05, 3.63) is 36.7 Å². The van der Waals surface area contributed by atoms with E-state index in [0.717, 1.165) is 53.7 Å². The van der Waals surface area contributed by atoms with E-state index in [4.69, 9.17) is 9.47 Å². The predicted octanol–water partition coefficient (Wildman–Crippen LogP) is 3.28. The lowest BCUT2D eigenvalue weighted by molar-refractivity contribution is 0.138. The number of hydrogen-bond acceptors (Lipinski definition) is 8. The Morgan fingerprint density at radius 3 is 2.61 bits per heavy atom. The number of fused-ring (bicyclic) bond motifs is 1. The first kappa shape index (κ1) is 21.2. The summed E-state index contributed by atoms with van der Waals surface area (Å²) >= 11 is 0. The number of rotatable bonds is 6. The highest BCUT2D eigenvalue weighted by molar-refractivity contribution is 5.93. The first-order valence-corrected chi connectivity index (χ1v) is 11.1. The second-order valence-electron chi connectivity index (χ2n) is 8.49. The van der Waals surface area contributed by atoms with Crippen LogP contribution in [0.2, 0.25) is 0 Å². The van der Waals surface area contributed by atoms with E-state index >= 15 is 0 Å². The highest BCUT2D eigenvalue weighted by Gasteiger charge is 2.24. The smallest absolute Gasteiger partial charge is 0.260 e. The number of aromatic nitrogens is 7. The number of aryl methyl sites for hydroxylation is 3. The van der Waals surface area contributed by atoms with Gasteiger partial charge in [0.1, 0.15) is 23.4 Å². The van der Waals surface area contributed by atoms with Crippen molar-refractivity contribution in [1.29, 1.82) is 0 Å². The van der Waals surface area contributed by atoms with Crippen LogP contribution < -0.4 is 14.8 Å². The highest BCUT2D eigenvalue weighted by Crippen LogP contribution is 2.31. The van der Waals surface area contributed by atoms with Gasteiger partial charge in [-0.05, 0) is 32.6 Å². The van der Waals surface area contributed by atoms with Gasteiger partial charge in [0, 0.05) is 49.5 Å². The van der Waals surface area contributed by atoms with Crippen LogP contribution in [-0.4, -0.2) is 53.8 Å². The summed E-state index contributed by atoms with van der Waals surface area (Å²) in [6.45, 7) is 1.85. The zero-order valence-electron chi connectivity index (χ0n) is 19.3. The summed E-state index contributed by atoms with van der Waals surface area (Å²) in [6, 6.07) is 2.41. The Bertz CT molecular complexity index is 1270. The highest BCUT2D eigenvalue weighted by atomic mass is 16.5. The molecule has 0 saturated heterocycles. The fourth-order valence-corrected chi connectivity index (χ4v) is 4.34. The van der Waals surface area contributed by atoms with Gasteiger partial charge in [0.15, 0.2) is 5.75 Å². The fourth-order valence-electron chi connectivity index (χ4n) is 4.34. The summed E-state index contributed by atoms with van der Waals surface area (Å²) in [4.78, 5) is 13.2. The molecule has 0 amide bonds. The Labute approximate surface area is 192 Å². The molecule has 1 aliphatic rings. The molecule has 0 unspecified atom stereocenters. The summed E-state index contributed by atoms with van der Waals surface area (Å²) in [5, 5.41) is 13.6. The van der Waals surface area contributed by atoms with Gasteiger partial charge >= 0.3 is 0 Å². The number of methoxy groups -OCH3 is 1. The van der Waals surface area contributed by atoms with Crippen molar-refractivity contribution in [2.24, 2.45) is 14.1 Å². The molecular weight excluding hydrogens is 420 g/mol. The van der Waals surface area contributed by atoms with Crippen LogP contribution in [0.5, 0.6) is 11.6 Å². The van der Waals surface area contributed by atoms with Crippen LogP contribution in [0.15, 0.2) is 30.9 Å². The van der Waals surface area contributed by atoms with Crippen molar-refractivity contribution < 1.29 is 9.47 Å². The lowest BCUT2D eigenvalue weighted by Gasteiger charge is -2.29. The average Bonchev–Trinajstić information content (AvgIpc) is 3.38. The van der Waals surface area contributed by atoms with Gasteiger partial charge in [0.05, 0.1) is 25.0 Å². The lowest BCUT2D eigenvalue weighted by Crippen LogP contribution is -2.31. The van der Waals surface area contributed by atoms with Crippen LogP contribution in [0.4, 0.5) is 5.82 Å². The van der Waals surface area contributed by atoms with Crippen LogP contribution in [0.1, 0.15) is 31.5 Å². The number of nitrogens with one attached hydrogen (secondary N) is 1. The Morgan fingerprint density at radius 1 is 1.06 bits per heavy atom. The van der Waals surface area contributed by atoms with Crippen molar-refractivity contribution in [2.75, 3.05) is 12.4 Å². The minimum Gasteiger partial charge on any atom is -0.490 e. The summed E-state index contributed by atoms with van der Waals surface area (Å²) < 4.78 is 15.1. The maximum absolute atomic E-state index is 6.14. The normalized spacial score (nSPS) is 18.4. The maximum Gasteiger partial charge on any atom is 0.260 e. The molecule has 0 spiro atoms. The standard InChI is InChI=1S/C23H28N8O2/c1-14-24-12-20(32-4)23(27-14)33-17-7-5-16(6-8-17)28-21-9-19-18(11-25-21)22(29-31(19)3)15-10-26-30(2)13-15/h9-13,16-17H,5-8H2,1-4H3,(H,25,28). The van der Waals surface area contributed by atoms with Gasteiger partial charge in [0.2, 0.25) is 0 Å². The van der Waals surface area contributed by atoms with E-state index in [-0.39, 0.29) is 6.10 Å². The lowest BCUT2D eigenvalue weighted by atomic mass is 9.93. The van der Waals surface area contributed by atoms with Crippen molar-refractivity contribution in [1.82, 2.24) is 34.5 Å². The average molecular weight is 449 g/mol. The van der Waals surface area contributed by atoms with E-state index < -0.39 is 0 Å². The molecule has 0 bridgehead atoms. The summed E-state index contributed by atoms with van der Waals surface area (Å²) in [7, 11) is 5.46. The van der Waals surface area contributed by atoms with Gasteiger partial charge in [-0.2, -0.15) is 15.2 Å². The summed E-state index contributed by atoms with van der Waals surface area (Å²) in [6.07, 6.45) is 11.3. The largest absolute Gasteiger partial charge is 0.490 e. The molecule has 0 atom stereocenters. The minimum atomic E-state index is 0.112. The quantitative estimate of drug-likeness (QED) is 0.479. The summed E-state index contributed by atoms with van der Waals surface area (Å²) in [5.74, 6) is 2.62. The zero-order valence-corrected chi connectivity index (χ0v) is 19.3. The molecule has 172 valence electrons. The van der Waals surface area contributed by atoms with E-state index in [0.29, 0.717) is 23.5 Å². The fraction of sp³-hybridized carbons (Fsp3) is 0.435. The van der Waals surface area contributed by atoms with Gasteiger partial charge < -0.3 is 14.8 Å². The second-order valence-corrected chi connectivity index (χ2v) is 8.49. The van der Waals surface area contributed by atoms with Crippen LogP contribution in [-0.2, 0) is 14.1 Å². The number of pyridine rings is 1. The summed E-state index contributed by atoms with van der Waals surface area (Å²) in [5.41, 5.74) is 2.92. The maximum atomic E-state index is 6.14. The monoisotopic (exact) mass is 448 g/mol. The van der Waals surface area contributed by atoms with Crippen LogP contribution in [0, 0.1) is 6.92 Å². The molecule has 4 aromatic heterocycles. The SMILES string of the molecule is COc1cnc(C)nc1OC1CCC(Nc2cc3c(cn2)c(-c2cnn(C)c2)nn3C)CC1. The molecule has 0 aliphatic heterocycles. The molecule has 1 fully saturated rings. The molecule has 0 radical (unpaired) electrons. The zero-order chi connectivity index (χ0) is 22.9. The van der Waals surface area contributed by atoms with E-state index in [1.807, 2.05) is 44.3 Å². The van der Waals surface area contributed by atoms with E-state index in [1.165, 1.54) is 0 Å². The number of anilines is 1. The Kier molecular flexibility index (Phi) is 5.57.